The molecule has 0 aromatic heterocycles. The third kappa shape index (κ3) is 13.2. The zero-order valence-corrected chi connectivity index (χ0v) is 48.1. The van der Waals surface area contributed by atoms with Crippen LogP contribution in [-0.2, 0) is 10.8 Å². The van der Waals surface area contributed by atoms with Crippen LogP contribution in [0.1, 0.15) is 109 Å². The Morgan fingerprint density at radius 2 is 1.26 bits per heavy atom. The number of rotatable bonds is 10. The van der Waals surface area contributed by atoms with Gasteiger partial charge in [0, 0.05) is 22.5 Å². The molecule has 4 aliphatic rings. The lowest BCUT2D eigenvalue weighted by Gasteiger charge is -2.36. The molecule has 392 valence electrons. The van der Waals surface area contributed by atoms with Crippen LogP contribution in [0.25, 0.3) is 22.3 Å². The predicted molar refractivity (Wildman–Crippen MR) is 340 cm³/mol. The fourth-order valence-electron chi connectivity index (χ4n) is 10.8. The van der Waals surface area contributed by atoms with Crippen molar-refractivity contribution in [1.82, 2.24) is 0 Å². The Morgan fingerprint density at radius 3 is 1.95 bits per heavy atom. The second-order valence-corrected chi connectivity index (χ2v) is 19.7. The van der Waals surface area contributed by atoms with E-state index in [1.807, 2.05) is 52.8 Å². The molecule has 10 rings (SSSR count). The van der Waals surface area contributed by atoms with Crippen LogP contribution in [-0.4, -0.2) is 0 Å². The van der Waals surface area contributed by atoms with Crippen LogP contribution in [0.4, 0.5) is 11.4 Å². The van der Waals surface area contributed by atoms with Gasteiger partial charge in [0.05, 0.1) is 5.41 Å². The molecule has 6 aromatic rings. The van der Waals surface area contributed by atoms with Crippen molar-refractivity contribution in [3.05, 3.63) is 323 Å². The minimum atomic E-state index is -0.468. The summed E-state index contributed by atoms with van der Waals surface area (Å²) in [6.07, 6.45) is 35.8. The first-order chi connectivity index (χ1) is 37.5. The topological polar surface area (TPSA) is 3.24 Å². The number of allylic oxidation sites excluding steroid dienone is 21. The summed E-state index contributed by atoms with van der Waals surface area (Å²) < 4.78 is 0. The van der Waals surface area contributed by atoms with Gasteiger partial charge in [-0.1, -0.05) is 272 Å². The summed E-state index contributed by atoms with van der Waals surface area (Å²) in [4.78, 5) is 2.28. The van der Waals surface area contributed by atoms with Crippen molar-refractivity contribution in [2.24, 2.45) is 0 Å². The molecule has 0 N–H and O–H groups in total. The molecule has 6 aromatic carbocycles. The fraction of sp³-hybridized carbons (Fsp3) is 0.211. The largest absolute Gasteiger partial charge is 0.311 e. The van der Waals surface area contributed by atoms with Gasteiger partial charge in [0.2, 0.25) is 0 Å². The van der Waals surface area contributed by atoms with Gasteiger partial charge in [0.25, 0.3) is 0 Å². The normalized spacial score (nSPS) is 18.0. The van der Waals surface area contributed by atoms with Gasteiger partial charge in [-0.25, -0.2) is 0 Å². The van der Waals surface area contributed by atoms with E-state index in [1.165, 1.54) is 77.9 Å². The smallest absolute Gasteiger partial charge is 0.0641 e. The van der Waals surface area contributed by atoms with E-state index in [-0.39, 0.29) is 5.41 Å². The second-order valence-electron chi connectivity index (χ2n) is 19.7. The minimum absolute atomic E-state index is 0.151. The monoisotopic (exact) mass is 1010 g/mol. The summed E-state index contributed by atoms with van der Waals surface area (Å²) in [5, 5.41) is 0. The lowest BCUT2D eigenvalue weighted by Crippen LogP contribution is -2.28. The van der Waals surface area contributed by atoms with Gasteiger partial charge >= 0.3 is 0 Å². The summed E-state index contributed by atoms with van der Waals surface area (Å²) in [6, 6.07) is 54.0. The second kappa shape index (κ2) is 28.2. The lowest BCUT2D eigenvalue weighted by atomic mass is 9.66. The Kier molecular flexibility index (Phi) is 21.4. The van der Waals surface area contributed by atoms with Gasteiger partial charge in [0.15, 0.2) is 0 Å². The number of benzene rings is 6. The van der Waals surface area contributed by atoms with E-state index in [0.29, 0.717) is 0 Å². The van der Waals surface area contributed by atoms with Crippen LogP contribution in [0, 0.1) is 13.8 Å². The Balaban J connectivity index is 0.000000234. The van der Waals surface area contributed by atoms with Gasteiger partial charge in [-0.15, -0.1) is 0 Å². The molecule has 0 spiro atoms. The number of nitrogens with zero attached hydrogens (tertiary/aromatic N) is 1. The zero-order chi connectivity index (χ0) is 55.4. The summed E-state index contributed by atoms with van der Waals surface area (Å²) in [5.41, 5.74) is 22.8. The van der Waals surface area contributed by atoms with E-state index in [0.717, 1.165) is 41.9 Å². The number of fused-ring (bicyclic) bond motifs is 5. The maximum atomic E-state index is 4.85. The van der Waals surface area contributed by atoms with Crippen molar-refractivity contribution < 1.29 is 0 Å². The summed E-state index contributed by atoms with van der Waals surface area (Å²) in [6.45, 7) is 32.1. The first kappa shape index (κ1) is 58.3. The predicted octanol–water partition coefficient (Wildman–Crippen LogP) is 21.8. The number of anilines is 2. The highest BCUT2D eigenvalue weighted by atomic mass is 15.1. The van der Waals surface area contributed by atoms with Crippen LogP contribution in [0.3, 0.4) is 0 Å². The molecule has 2 bridgehead atoms. The highest BCUT2D eigenvalue weighted by Gasteiger charge is 2.45. The average molecular weight is 1010 g/mol. The molecule has 1 nitrogen and oxygen atoms in total. The van der Waals surface area contributed by atoms with Crippen LogP contribution in [0.15, 0.2) is 295 Å². The highest BCUT2D eigenvalue weighted by Crippen LogP contribution is 2.56. The minimum Gasteiger partial charge on any atom is -0.311 e. The summed E-state index contributed by atoms with van der Waals surface area (Å²) >= 11 is 0. The van der Waals surface area contributed by atoms with Gasteiger partial charge in [0.1, 0.15) is 0 Å². The molecule has 0 heterocycles. The van der Waals surface area contributed by atoms with Crippen molar-refractivity contribution in [3.8, 4) is 22.3 Å². The quantitative estimate of drug-likeness (QED) is 0.124. The van der Waals surface area contributed by atoms with E-state index >= 15 is 0 Å². The number of hydrogen-bond donors (Lipinski definition) is 0. The molecule has 0 radical (unpaired) electrons. The first-order valence-electron chi connectivity index (χ1n) is 27.9. The van der Waals surface area contributed by atoms with Gasteiger partial charge < -0.3 is 4.90 Å². The highest BCUT2D eigenvalue weighted by molar-refractivity contribution is 5.81. The molecule has 77 heavy (non-hydrogen) atoms. The average Bonchev–Trinajstić information content (AvgIpc) is 4.00. The maximum absolute atomic E-state index is 4.85. The third-order valence-electron chi connectivity index (χ3n) is 14.5. The van der Waals surface area contributed by atoms with E-state index in [9.17, 15) is 0 Å². The molecule has 0 aliphatic heterocycles. The maximum Gasteiger partial charge on any atom is 0.0641 e. The number of para-hydroxylation sites is 1. The molecule has 1 unspecified atom stereocenters. The third-order valence-corrected chi connectivity index (χ3v) is 14.5. The van der Waals surface area contributed by atoms with Crippen molar-refractivity contribution in [3.63, 3.8) is 0 Å². The Morgan fingerprint density at radius 1 is 0.623 bits per heavy atom. The van der Waals surface area contributed by atoms with E-state index in [1.54, 1.807) is 0 Å². The summed E-state index contributed by atoms with van der Waals surface area (Å²) in [5.74, 6) is 0. The molecule has 1 atom stereocenters. The van der Waals surface area contributed by atoms with Crippen LogP contribution >= 0.6 is 0 Å². The molecule has 4 aliphatic carbocycles. The van der Waals surface area contributed by atoms with Crippen molar-refractivity contribution >= 4 is 11.4 Å². The fourth-order valence-corrected chi connectivity index (χ4v) is 10.8. The van der Waals surface area contributed by atoms with Crippen LogP contribution in [0.5, 0.6) is 0 Å². The van der Waals surface area contributed by atoms with Crippen LogP contribution < -0.4 is 4.90 Å². The SMILES string of the molecule is C=C/C(=C\C=C/C)N(c1ccccc1)c1cccc(C23C=C(/C=C(/C=C\C=C/C)CC4=C2C=CCC4)/C(=C/C=C\C)C3=C)c1.CC.CC.Cc1ccc2c(c1)C(C)(C)c1ccccc1-2.Cc1ccccc1-c1ccccc1. The Hall–Kier alpha value is -8.00. The lowest BCUT2D eigenvalue weighted by molar-refractivity contribution is 0.660. The molecule has 0 fully saturated rings. The first-order valence-corrected chi connectivity index (χ1v) is 27.9. The molecule has 0 saturated heterocycles. The zero-order valence-electron chi connectivity index (χ0n) is 48.1. The van der Waals surface area contributed by atoms with Gasteiger partial charge in [-0.3, -0.25) is 0 Å². The molecule has 0 amide bonds. The van der Waals surface area contributed by atoms with Crippen LogP contribution in [0.2, 0.25) is 0 Å². The molecule has 1 heteroatoms. The van der Waals surface area contributed by atoms with Crippen molar-refractivity contribution in [2.75, 3.05) is 4.90 Å². The summed E-state index contributed by atoms with van der Waals surface area (Å²) in [7, 11) is 0. The van der Waals surface area contributed by atoms with Crippen molar-refractivity contribution in [1.29, 1.82) is 0 Å². The van der Waals surface area contributed by atoms with Crippen molar-refractivity contribution in [2.45, 2.75) is 106 Å². The standard InChI is InChI=1S/C43H43N.C16H16.C13H12.2C2H6/c1-6-10-14-20-34-29-35-21-17-18-28-42(35)43(32-36(30-34)41(33(43)5)27-12-8-3)37-22-19-26-40(31-37)44(38(9-4)23-11-7-2)39-24-15-13-16-25-39;1-11-8-9-13-12-6-4-5-7-14(12)16(2,3)15(13)10-11;1-11-7-5-6-10-13(11)12-8-3-2-4-9-12;2*1-2/h6-16,18-20,22-28,30-32H,4-5,17,21,29H2,1-3H3;4-10H,1-3H3;2-10H,1H3;2*1-2H3/b10-6-,11-7-,12-8-,20-14-,34-30-,38-23+,41-27+;;;;. The van der Waals surface area contributed by atoms with Gasteiger partial charge in [-0.2, -0.15) is 0 Å². The van der Waals surface area contributed by atoms with E-state index < -0.39 is 5.41 Å². The number of hydrogen-bond acceptors (Lipinski definition) is 1. The number of aryl methyl sites for hydroxylation is 2. The molecular formula is C76H83N. The van der Waals surface area contributed by atoms with E-state index in [2.05, 4.69) is 278 Å². The molecule has 0 saturated carbocycles. The Bertz CT molecular complexity index is 3290. The van der Waals surface area contributed by atoms with E-state index in [4.69, 9.17) is 6.58 Å². The van der Waals surface area contributed by atoms with Gasteiger partial charge in [-0.05, 0) is 163 Å². The molecular weight excluding hydrogens is 927 g/mol. The Labute approximate surface area is 465 Å².